The Morgan fingerprint density at radius 1 is 1.26 bits per heavy atom. The number of unbranched alkanes of at least 4 members (excludes halogenated alkanes) is 1. The first kappa shape index (κ1) is 15.5. The molecule has 0 amide bonds. The summed E-state index contributed by atoms with van der Waals surface area (Å²) in [6, 6.07) is 9.69. The average molecular weight is 263 g/mol. The molecule has 1 atom stereocenters. The highest BCUT2D eigenvalue weighted by Crippen LogP contribution is 2.13. The van der Waals surface area contributed by atoms with E-state index in [4.69, 9.17) is 4.74 Å². The third-order valence-electron chi connectivity index (χ3n) is 3.23. The monoisotopic (exact) mass is 263 g/mol. The van der Waals surface area contributed by atoms with Crippen LogP contribution in [0.1, 0.15) is 39.5 Å². The first-order valence-electron chi connectivity index (χ1n) is 7.20. The minimum absolute atomic E-state index is 0.182. The summed E-state index contributed by atoms with van der Waals surface area (Å²) in [5.74, 6) is 0.319. The van der Waals surface area contributed by atoms with Gasteiger partial charge in [-0.05, 0) is 24.5 Å². The molecule has 0 aliphatic heterocycles. The van der Waals surface area contributed by atoms with Gasteiger partial charge in [-0.1, -0.05) is 51.3 Å². The number of nitrogens with one attached hydrogen (secondary N) is 1. The summed E-state index contributed by atoms with van der Waals surface area (Å²) >= 11 is 0. The minimum atomic E-state index is -0.182. The molecule has 0 heterocycles. The van der Waals surface area contributed by atoms with Gasteiger partial charge < -0.3 is 10.1 Å². The standard InChI is InChI=1S/C16H25NO2/c1-3-5-9-14(4-2)13-19-16(18)12-17-15-10-7-6-8-11-15/h6-8,10-11,14,17H,3-5,9,12-13H2,1-2H3. The van der Waals surface area contributed by atoms with Gasteiger partial charge in [0, 0.05) is 5.69 Å². The van der Waals surface area contributed by atoms with Crippen molar-refractivity contribution in [1.29, 1.82) is 0 Å². The second-order valence-corrected chi connectivity index (χ2v) is 4.82. The normalized spacial score (nSPS) is 11.9. The van der Waals surface area contributed by atoms with Gasteiger partial charge in [0.1, 0.15) is 6.54 Å². The van der Waals surface area contributed by atoms with Crippen molar-refractivity contribution in [2.24, 2.45) is 5.92 Å². The third kappa shape index (κ3) is 6.85. The van der Waals surface area contributed by atoms with Crippen LogP contribution in [0.25, 0.3) is 0 Å². The summed E-state index contributed by atoms with van der Waals surface area (Å²) in [6.07, 6.45) is 4.62. The fourth-order valence-corrected chi connectivity index (χ4v) is 1.89. The molecule has 106 valence electrons. The van der Waals surface area contributed by atoms with Crippen LogP contribution in [0, 0.1) is 5.92 Å². The Morgan fingerprint density at radius 2 is 2.00 bits per heavy atom. The minimum Gasteiger partial charge on any atom is -0.464 e. The molecule has 1 N–H and O–H groups in total. The molecule has 1 aromatic carbocycles. The van der Waals surface area contributed by atoms with Crippen molar-refractivity contribution in [1.82, 2.24) is 0 Å². The number of para-hydroxylation sites is 1. The number of carbonyl (C=O) groups is 1. The van der Waals surface area contributed by atoms with Crippen molar-refractivity contribution in [3.63, 3.8) is 0 Å². The van der Waals surface area contributed by atoms with Crippen LogP contribution in [0.3, 0.4) is 0 Å². The summed E-state index contributed by atoms with van der Waals surface area (Å²) in [4.78, 5) is 11.6. The quantitative estimate of drug-likeness (QED) is 0.688. The molecule has 0 spiro atoms. The second kappa shape index (κ2) is 9.42. The largest absolute Gasteiger partial charge is 0.464 e. The molecular weight excluding hydrogens is 238 g/mol. The summed E-state index contributed by atoms with van der Waals surface area (Å²) in [7, 11) is 0. The predicted molar refractivity (Wildman–Crippen MR) is 79.2 cm³/mol. The van der Waals surface area contributed by atoms with E-state index in [1.807, 2.05) is 30.3 Å². The van der Waals surface area contributed by atoms with Crippen LogP contribution in [0.4, 0.5) is 5.69 Å². The molecule has 0 radical (unpaired) electrons. The molecule has 0 saturated carbocycles. The zero-order valence-electron chi connectivity index (χ0n) is 12.0. The maximum atomic E-state index is 11.6. The SMILES string of the molecule is CCCCC(CC)COC(=O)CNc1ccccc1. The van der Waals surface area contributed by atoms with Crippen LogP contribution in [0.2, 0.25) is 0 Å². The van der Waals surface area contributed by atoms with Gasteiger partial charge in [0.25, 0.3) is 0 Å². The molecule has 3 heteroatoms. The highest BCUT2D eigenvalue weighted by Gasteiger charge is 2.09. The van der Waals surface area contributed by atoms with E-state index in [2.05, 4.69) is 19.2 Å². The lowest BCUT2D eigenvalue weighted by Gasteiger charge is -2.14. The molecule has 0 fully saturated rings. The maximum absolute atomic E-state index is 11.6. The zero-order chi connectivity index (χ0) is 13.9. The predicted octanol–water partition coefficient (Wildman–Crippen LogP) is 3.86. The highest BCUT2D eigenvalue weighted by atomic mass is 16.5. The van der Waals surface area contributed by atoms with Crippen LogP contribution in [0.5, 0.6) is 0 Å². The van der Waals surface area contributed by atoms with Gasteiger partial charge in [0.05, 0.1) is 6.61 Å². The Morgan fingerprint density at radius 3 is 2.63 bits per heavy atom. The molecule has 0 aromatic heterocycles. The Kier molecular flexibility index (Phi) is 7.71. The summed E-state index contributed by atoms with van der Waals surface area (Å²) in [5, 5.41) is 3.05. The summed E-state index contributed by atoms with van der Waals surface area (Å²) in [6.45, 7) is 5.11. The lowest BCUT2D eigenvalue weighted by molar-refractivity contribution is -0.143. The summed E-state index contributed by atoms with van der Waals surface area (Å²) in [5.41, 5.74) is 0.942. The van der Waals surface area contributed by atoms with E-state index in [0.29, 0.717) is 12.5 Å². The van der Waals surface area contributed by atoms with Gasteiger partial charge in [-0.15, -0.1) is 0 Å². The van der Waals surface area contributed by atoms with Crippen molar-refractivity contribution >= 4 is 11.7 Å². The van der Waals surface area contributed by atoms with Crippen molar-refractivity contribution in [2.45, 2.75) is 39.5 Å². The Labute approximate surface area is 116 Å². The third-order valence-corrected chi connectivity index (χ3v) is 3.23. The van der Waals surface area contributed by atoms with Gasteiger partial charge in [0.2, 0.25) is 0 Å². The number of carbonyl (C=O) groups excluding carboxylic acids is 1. The number of ether oxygens (including phenoxy) is 1. The van der Waals surface area contributed by atoms with Crippen molar-refractivity contribution in [3.8, 4) is 0 Å². The number of anilines is 1. The topological polar surface area (TPSA) is 38.3 Å². The van der Waals surface area contributed by atoms with Crippen LogP contribution in [0.15, 0.2) is 30.3 Å². The zero-order valence-corrected chi connectivity index (χ0v) is 12.0. The van der Waals surface area contributed by atoms with Crippen molar-refractivity contribution in [2.75, 3.05) is 18.5 Å². The first-order chi connectivity index (χ1) is 9.26. The van der Waals surface area contributed by atoms with Gasteiger partial charge in [0.15, 0.2) is 0 Å². The van der Waals surface area contributed by atoms with E-state index in [1.54, 1.807) is 0 Å². The number of hydrogen-bond donors (Lipinski definition) is 1. The molecule has 0 bridgehead atoms. The number of rotatable bonds is 9. The number of hydrogen-bond acceptors (Lipinski definition) is 3. The van der Waals surface area contributed by atoms with Gasteiger partial charge in [-0.3, -0.25) is 4.79 Å². The van der Waals surface area contributed by atoms with E-state index >= 15 is 0 Å². The molecular formula is C16H25NO2. The molecule has 0 saturated heterocycles. The van der Waals surface area contributed by atoms with Gasteiger partial charge in [-0.2, -0.15) is 0 Å². The first-order valence-corrected chi connectivity index (χ1v) is 7.20. The van der Waals surface area contributed by atoms with E-state index in [0.717, 1.165) is 18.5 Å². The van der Waals surface area contributed by atoms with E-state index < -0.39 is 0 Å². The van der Waals surface area contributed by atoms with E-state index in [1.165, 1.54) is 12.8 Å². The number of benzene rings is 1. The van der Waals surface area contributed by atoms with Crippen molar-refractivity contribution < 1.29 is 9.53 Å². The van der Waals surface area contributed by atoms with E-state index in [9.17, 15) is 4.79 Å². The van der Waals surface area contributed by atoms with E-state index in [-0.39, 0.29) is 12.5 Å². The smallest absolute Gasteiger partial charge is 0.325 e. The number of esters is 1. The second-order valence-electron chi connectivity index (χ2n) is 4.82. The lowest BCUT2D eigenvalue weighted by atomic mass is 10.0. The van der Waals surface area contributed by atoms with Crippen LogP contribution in [-0.4, -0.2) is 19.1 Å². The molecule has 19 heavy (non-hydrogen) atoms. The Balaban J connectivity index is 2.20. The highest BCUT2D eigenvalue weighted by molar-refractivity contribution is 5.74. The Bertz CT molecular complexity index is 351. The average Bonchev–Trinajstić information content (AvgIpc) is 2.46. The summed E-state index contributed by atoms with van der Waals surface area (Å²) < 4.78 is 5.31. The molecule has 1 unspecified atom stereocenters. The molecule has 3 nitrogen and oxygen atoms in total. The fraction of sp³-hybridized carbons (Fsp3) is 0.562. The Hall–Kier alpha value is -1.51. The molecule has 1 aromatic rings. The van der Waals surface area contributed by atoms with Crippen LogP contribution >= 0.6 is 0 Å². The molecule has 0 aliphatic rings. The lowest BCUT2D eigenvalue weighted by Crippen LogP contribution is -2.20. The van der Waals surface area contributed by atoms with Gasteiger partial charge in [-0.25, -0.2) is 0 Å². The molecule has 1 rings (SSSR count). The maximum Gasteiger partial charge on any atom is 0.325 e. The van der Waals surface area contributed by atoms with Crippen LogP contribution < -0.4 is 5.32 Å². The molecule has 0 aliphatic carbocycles. The fourth-order valence-electron chi connectivity index (χ4n) is 1.89. The van der Waals surface area contributed by atoms with Crippen molar-refractivity contribution in [3.05, 3.63) is 30.3 Å². The van der Waals surface area contributed by atoms with Crippen LogP contribution in [-0.2, 0) is 9.53 Å². The van der Waals surface area contributed by atoms with Gasteiger partial charge >= 0.3 is 5.97 Å².